The Hall–Kier alpha value is -0.930. The molecule has 94 valence electrons. The number of hydrogen-bond donors (Lipinski definition) is 0. The summed E-state index contributed by atoms with van der Waals surface area (Å²) in [7, 11) is 0. The molecule has 0 amide bonds. The van der Waals surface area contributed by atoms with Gasteiger partial charge in [0, 0.05) is 15.7 Å². The number of nitrogens with zero attached hydrogens (tertiary/aromatic N) is 2. The summed E-state index contributed by atoms with van der Waals surface area (Å²) in [6.45, 7) is 4.17. The van der Waals surface area contributed by atoms with Gasteiger partial charge in [0.25, 0.3) is 0 Å². The molecule has 0 radical (unpaired) electrons. The fourth-order valence-electron chi connectivity index (χ4n) is 1.71. The van der Waals surface area contributed by atoms with Crippen LogP contribution in [0.4, 0.5) is 0 Å². The number of halogens is 2. The lowest BCUT2D eigenvalue weighted by atomic mass is 10.1. The Morgan fingerprint density at radius 3 is 2.67 bits per heavy atom. The zero-order chi connectivity index (χ0) is 13.1. The largest absolute Gasteiger partial charge is 0.233 e. The molecular formula is C14H14BrClN2. The van der Waals surface area contributed by atoms with Crippen LogP contribution in [0.3, 0.4) is 0 Å². The van der Waals surface area contributed by atoms with Crippen LogP contribution in [-0.2, 0) is 6.42 Å². The predicted octanol–water partition coefficient (Wildman–Crippen LogP) is 4.82. The third-order valence-electron chi connectivity index (χ3n) is 2.68. The van der Waals surface area contributed by atoms with Crippen LogP contribution >= 0.6 is 27.5 Å². The van der Waals surface area contributed by atoms with Gasteiger partial charge in [0.1, 0.15) is 5.15 Å². The number of benzene rings is 1. The van der Waals surface area contributed by atoms with Crippen LogP contribution in [0.5, 0.6) is 0 Å². The summed E-state index contributed by atoms with van der Waals surface area (Å²) in [6.07, 6.45) is 1.96. The number of aromatic nitrogens is 2. The van der Waals surface area contributed by atoms with Crippen LogP contribution in [0, 0.1) is 6.92 Å². The molecule has 18 heavy (non-hydrogen) atoms. The van der Waals surface area contributed by atoms with Gasteiger partial charge in [0.2, 0.25) is 0 Å². The van der Waals surface area contributed by atoms with Gasteiger partial charge in [-0.1, -0.05) is 53.0 Å². The van der Waals surface area contributed by atoms with E-state index in [0.29, 0.717) is 11.0 Å². The first-order valence-electron chi connectivity index (χ1n) is 5.90. The minimum Gasteiger partial charge on any atom is -0.233 e. The van der Waals surface area contributed by atoms with E-state index in [4.69, 9.17) is 11.6 Å². The van der Waals surface area contributed by atoms with Gasteiger partial charge >= 0.3 is 0 Å². The van der Waals surface area contributed by atoms with E-state index in [2.05, 4.69) is 39.7 Å². The van der Waals surface area contributed by atoms with Crippen molar-refractivity contribution < 1.29 is 0 Å². The van der Waals surface area contributed by atoms with Crippen LogP contribution in [0.15, 0.2) is 28.7 Å². The first-order chi connectivity index (χ1) is 8.60. The minimum atomic E-state index is 0.500. The summed E-state index contributed by atoms with van der Waals surface area (Å²) in [5, 5.41) is 0.500. The number of aryl methyl sites for hydroxylation is 2. The van der Waals surface area contributed by atoms with Crippen molar-refractivity contribution in [3.8, 4) is 11.4 Å². The Morgan fingerprint density at radius 1 is 1.22 bits per heavy atom. The van der Waals surface area contributed by atoms with E-state index in [1.165, 1.54) is 5.56 Å². The molecule has 2 aromatic rings. The molecule has 0 atom stereocenters. The van der Waals surface area contributed by atoms with Crippen molar-refractivity contribution in [2.75, 3.05) is 0 Å². The molecule has 0 aliphatic rings. The highest BCUT2D eigenvalue weighted by molar-refractivity contribution is 9.10. The van der Waals surface area contributed by atoms with Crippen molar-refractivity contribution in [1.82, 2.24) is 9.97 Å². The van der Waals surface area contributed by atoms with Crippen LogP contribution in [-0.4, -0.2) is 9.97 Å². The first kappa shape index (κ1) is 13.5. The molecule has 1 heterocycles. The highest BCUT2D eigenvalue weighted by atomic mass is 79.9. The summed E-state index contributed by atoms with van der Waals surface area (Å²) in [5.41, 5.74) is 3.16. The lowest BCUT2D eigenvalue weighted by Crippen LogP contribution is -1.96. The van der Waals surface area contributed by atoms with E-state index in [1.807, 2.05) is 24.3 Å². The zero-order valence-electron chi connectivity index (χ0n) is 10.4. The molecule has 1 aromatic carbocycles. The molecule has 0 unspecified atom stereocenters. The molecule has 0 aliphatic heterocycles. The van der Waals surface area contributed by atoms with Gasteiger partial charge in [-0.15, -0.1) is 0 Å². The van der Waals surface area contributed by atoms with Gasteiger partial charge < -0.3 is 0 Å². The standard InChI is InChI=1S/C14H14BrClN2/c1-3-4-11-8-13(16)18-14(17-11)10-6-5-9(2)12(15)7-10/h5-8H,3-4H2,1-2H3. The second kappa shape index (κ2) is 5.81. The second-order valence-corrected chi connectivity index (χ2v) is 5.46. The molecule has 0 fully saturated rings. The highest BCUT2D eigenvalue weighted by Crippen LogP contribution is 2.24. The van der Waals surface area contributed by atoms with Gasteiger partial charge in [0.05, 0.1) is 0 Å². The molecule has 1 aromatic heterocycles. The average molecular weight is 326 g/mol. The third kappa shape index (κ3) is 3.09. The maximum absolute atomic E-state index is 6.04. The van der Waals surface area contributed by atoms with E-state index in [1.54, 1.807) is 0 Å². The highest BCUT2D eigenvalue weighted by Gasteiger charge is 2.07. The lowest BCUT2D eigenvalue weighted by Gasteiger charge is -2.06. The van der Waals surface area contributed by atoms with Gasteiger partial charge in [-0.2, -0.15) is 0 Å². The smallest absolute Gasteiger partial charge is 0.161 e. The Labute approximate surface area is 121 Å². The van der Waals surface area contributed by atoms with Gasteiger partial charge in [-0.05, 0) is 31.0 Å². The summed E-state index contributed by atoms with van der Waals surface area (Å²) in [6, 6.07) is 7.92. The van der Waals surface area contributed by atoms with Crippen LogP contribution < -0.4 is 0 Å². The zero-order valence-corrected chi connectivity index (χ0v) is 12.7. The SMILES string of the molecule is CCCc1cc(Cl)nc(-c2ccc(C)c(Br)c2)n1. The quantitative estimate of drug-likeness (QED) is 0.756. The van der Waals surface area contributed by atoms with Crippen molar-refractivity contribution in [2.45, 2.75) is 26.7 Å². The van der Waals surface area contributed by atoms with Crippen molar-refractivity contribution in [2.24, 2.45) is 0 Å². The van der Waals surface area contributed by atoms with Gasteiger partial charge in [-0.3, -0.25) is 0 Å². The molecule has 2 rings (SSSR count). The maximum atomic E-state index is 6.04. The Balaban J connectivity index is 2.46. The molecule has 0 bridgehead atoms. The molecule has 0 aliphatic carbocycles. The molecule has 2 nitrogen and oxygen atoms in total. The first-order valence-corrected chi connectivity index (χ1v) is 7.07. The molecule has 0 spiro atoms. The van der Waals surface area contributed by atoms with E-state index in [-0.39, 0.29) is 0 Å². The Kier molecular flexibility index (Phi) is 4.36. The number of rotatable bonds is 3. The van der Waals surface area contributed by atoms with E-state index in [9.17, 15) is 0 Å². The topological polar surface area (TPSA) is 25.8 Å². The van der Waals surface area contributed by atoms with E-state index in [0.717, 1.165) is 28.6 Å². The molecule has 4 heteroatoms. The maximum Gasteiger partial charge on any atom is 0.161 e. The van der Waals surface area contributed by atoms with Gasteiger partial charge in [0.15, 0.2) is 5.82 Å². The summed E-state index contributed by atoms with van der Waals surface area (Å²) in [4.78, 5) is 8.84. The monoisotopic (exact) mass is 324 g/mol. The third-order valence-corrected chi connectivity index (χ3v) is 3.73. The summed E-state index contributed by atoms with van der Waals surface area (Å²) in [5.74, 6) is 0.687. The molecule has 0 saturated heterocycles. The van der Waals surface area contributed by atoms with Crippen LogP contribution in [0.2, 0.25) is 5.15 Å². The normalized spacial score (nSPS) is 10.7. The van der Waals surface area contributed by atoms with Crippen molar-refractivity contribution in [1.29, 1.82) is 0 Å². The Morgan fingerprint density at radius 2 is 2.00 bits per heavy atom. The lowest BCUT2D eigenvalue weighted by molar-refractivity contribution is 0.875. The number of hydrogen-bond acceptors (Lipinski definition) is 2. The van der Waals surface area contributed by atoms with E-state index < -0.39 is 0 Å². The average Bonchev–Trinajstić information content (AvgIpc) is 2.32. The summed E-state index contributed by atoms with van der Waals surface area (Å²) < 4.78 is 1.06. The minimum absolute atomic E-state index is 0.500. The van der Waals surface area contributed by atoms with Crippen molar-refractivity contribution >= 4 is 27.5 Å². The van der Waals surface area contributed by atoms with Crippen LogP contribution in [0.25, 0.3) is 11.4 Å². The van der Waals surface area contributed by atoms with Gasteiger partial charge in [-0.25, -0.2) is 9.97 Å². The fourth-order valence-corrected chi connectivity index (χ4v) is 2.29. The van der Waals surface area contributed by atoms with E-state index >= 15 is 0 Å². The molecule has 0 saturated carbocycles. The second-order valence-electron chi connectivity index (χ2n) is 4.22. The van der Waals surface area contributed by atoms with Crippen molar-refractivity contribution in [3.63, 3.8) is 0 Å². The van der Waals surface area contributed by atoms with Crippen LogP contribution in [0.1, 0.15) is 24.6 Å². The summed E-state index contributed by atoms with van der Waals surface area (Å²) >= 11 is 9.57. The fraction of sp³-hybridized carbons (Fsp3) is 0.286. The predicted molar refractivity (Wildman–Crippen MR) is 78.9 cm³/mol. The molecule has 0 N–H and O–H groups in total. The van der Waals surface area contributed by atoms with Crippen molar-refractivity contribution in [3.05, 3.63) is 45.1 Å². The molecular weight excluding hydrogens is 312 g/mol. The Bertz CT molecular complexity index is 570.